The van der Waals surface area contributed by atoms with E-state index in [-0.39, 0.29) is 15.5 Å². The van der Waals surface area contributed by atoms with Gasteiger partial charge in [0.15, 0.2) is 30.7 Å². The smallest absolute Gasteiger partial charge is 0.368 e. The van der Waals surface area contributed by atoms with E-state index in [2.05, 4.69) is 10.6 Å². The Hall–Kier alpha value is -8.33. The molecule has 6 rings (SSSR count). The fourth-order valence-corrected chi connectivity index (χ4v) is 16.6. The second-order valence-electron chi connectivity index (χ2n) is 31.4. The molecule has 0 radical (unpaired) electrons. The van der Waals surface area contributed by atoms with Gasteiger partial charge in [0.25, 0.3) is 11.6 Å². The van der Waals surface area contributed by atoms with Crippen LogP contribution < -0.4 is 10.6 Å². The van der Waals surface area contributed by atoms with Crippen LogP contribution in [0.4, 0.5) is 0 Å². The van der Waals surface area contributed by atoms with E-state index in [0.29, 0.717) is 23.5 Å². The molecule has 38 nitrogen and oxygen atoms in total. The van der Waals surface area contributed by atoms with Gasteiger partial charge in [-0.25, -0.2) is 9.59 Å². The SMILES string of the molecule is CCS[C@@H]1O[C@H](COC(=O)C(C)(C)C)[C@@H](O[C@@H]2O[C@H](COC(=O)C(C)(C)C)[C@H](O)[C@H](O[C@@]3(C(=O)OC)O[C@@H]([C@H](OC(C)=O)[C@@H](COC(C)=O)O[C@@]4(C(=O)OC)O[C@@H]([C@H](OC(C)=O)[C@@H](COC(C)=O)OC(C)=O)[C@H](NC(C)=O)[C@@H](OC(C)=O)[C@@H]4Sc4ccccc4)[C@H](NC(C)=O)[C@@H](OC(C)=O)[C@@H]3Sc3ccccc3)[C@H]2O)[C@H](O)[C@H]1OC(=O)C(C)(C)C. The quantitative estimate of drug-likeness (QED) is 0.0496. The highest BCUT2D eigenvalue weighted by Gasteiger charge is 2.71. The molecule has 4 aliphatic heterocycles. The third-order valence-electron chi connectivity index (χ3n) is 18.2. The summed E-state index contributed by atoms with van der Waals surface area (Å²) < 4.78 is 118. The van der Waals surface area contributed by atoms with E-state index in [1.807, 2.05) is 0 Å². The van der Waals surface area contributed by atoms with Gasteiger partial charge in [0.05, 0.1) is 42.5 Å². The molecule has 0 spiro atoms. The lowest BCUT2D eigenvalue weighted by atomic mass is 9.86. The lowest BCUT2D eigenvalue weighted by Crippen LogP contribution is -2.77. The molecule has 2 amide bonds. The standard InChI is InChI=1S/C79H110N2O36S3/c1-22-118-69-65(113-72(96)77(17,18)19)55(92)57(49(111-69)35-104-71(95)76(14,15)16)112-68-56(93)64(54(91)48(110-68)33-103-70(94)75(11,12)13)117-79(74(98)100-21)67(120-47-31-27-24-28-32-47)63(109-45(10)90)53(81-38(3)83)61(116-79)59(107-43(8)88)51(36-102-40(5)85)114-78(73(97)99-20)66(119-46-29-25-23-26-30-46)62(108-44(9)89)52(80-37(2)82)60(115-78)58(106-42(7)87)50(105-41(6)86)34-101-39(4)84/h23-32,48-69,91-93H,22,33-36H2,1-21H3,(H,80,82)(H,81,83)/t48-,49-,50-,51-,52+,53+,54+,55+,56-,57-,58-,59-,60-,61-,62-,63-,64+,65-,66+,67+,68+,69+,78-,79+/m1/s1. The Kier molecular flexibility index (Phi) is 36.5. The number of thioether (sulfide) groups is 3. The molecule has 0 aromatic heterocycles. The largest absolute Gasteiger partial charge is 0.465 e. The number of rotatable bonds is 34. The highest BCUT2D eigenvalue weighted by molar-refractivity contribution is 8.00. The predicted octanol–water partition coefficient (Wildman–Crippen LogP) is 3.22. The number of hydrogen-bond donors (Lipinski definition) is 5. The predicted molar refractivity (Wildman–Crippen MR) is 416 cm³/mol. The van der Waals surface area contributed by atoms with Crippen LogP contribution in [0.25, 0.3) is 0 Å². The molecule has 0 aliphatic carbocycles. The number of benzene rings is 2. The first-order chi connectivity index (χ1) is 55.9. The van der Waals surface area contributed by atoms with E-state index in [1.165, 1.54) is 90.1 Å². The molecule has 670 valence electrons. The van der Waals surface area contributed by atoms with E-state index < -0.39 is 270 Å². The molecule has 0 unspecified atom stereocenters. The summed E-state index contributed by atoms with van der Waals surface area (Å²) in [5, 5.41) is 40.2. The number of esters is 12. The zero-order chi connectivity index (χ0) is 90.0. The number of hydrogen-bond acceptors (Lipinski definition) is 39. The fraction of sp³-hybridized carbons (Fsp3) is 0.671. The summed E-state index contributed by atoms with van der Waals surface area (Å²) in [7, 11) is 1.59. The molecule has 0 saturated carbocycles. The second kappa shape index (κ2) is 43.6. The molecule has 120 heavy (non-hydrogen) atoms. The zero-order valence-corrected chi connectivity index (χ0v) is 73.0. The van der Waals surface area contributed by atoms with E-state index >= 15 is 9.59 Å². The van der Waals surface area contributed by atoms with Crippen LogP contribution in [0.2, 0.25) is 0 Å². The minimum Gasteiger partial charge on any atom is -0.465 e. The van der Waals surface area contributed by atoms with Crippen molar-refractivity contribution in [3.05, 3.63) is 60.7 Å². The van der Waals surface area contributed by atoms with Gasteiger partial charge < -0.3 is 116 Å². The number of amides is 2. The van der Waals surface area contributed by atoms with Crippen LogP contribution in [-0.4, -0.2) is 289 Å². The Bertz CT molecular complexity index is 3910. The van der Waals surface area contributed by atoms with Crippen LogP contribution in [-0.2, 0) is 157 Å². The van der Waals surface area contributed by atoms with Gasteiger partial charge in [-0.3, -0.25) is 57.5 Å². The minimum absolute atomic E-state index is 0.154. The van der Waals surface area contributed by atoms with Gasteiger partial charge in [-0.2, -0.15) is 0 Å². The first-order valence-electron chi connectivity index (χ1n) is 38.1. The van der Waals surface area contributed by atoms with Crippen molar-refractivity contribution in [2.75, 3.05) is 46.4 Å². The minimum atomic E-state index is -3.57. The molecule has 2 aromatic carbocycles. The van der Waals surface area contributed by atoms with Crippen molar-refractivity contribution < 1.29 is 172 Å². The summed E-state index contributed by atoms with van der Waals surface area (Å²) in [5.41, 5.74) is -4.85. The number of methoxy groups -OCH3 is 2. The molecule has 41 heteroatoms. The lowest BCUT2D eigenvalue weighted by Gasteiger charge is -2.55. The number of carbonyl (C=O) groups excluding carboxylic acids is 14. The second-order valence-corrected chi connectivity index (χ2v) is 35.2. The van der Waals surface area contributed by atoms with Crippen LogP contribution in [0.3, 0.4) is 0 Å². The summed E-state index contributed by atoms with van der Waals surface area (Å²) >= 11 is 2.29. The van der Waals surface area contributed by atoms with Crippen LogP contribution in [0, 0.1) is 16.2 Å². The van der Waals surface area contributed by atoms with Crippen molar-refractivity contribution in [2.45, 2.75) is 285 Å². The van der Waals surface area contributed by atoms with Gasteiger partial charge in [-0.05, 0) is 92.3 Å². The number of carbonyl (C=O) groups is 14. The molecule has 4 fully saturated rings. The van der Waals surface area contributed by atoms with E-state index in [9.17, 15) is 72.9 Å². The van der Waals surface area contributed by atoms with Crippen molar-refractivity contribution in [1.82, 2.24) is 10.6 Å². The van der Waals surface area contributed by atoms with Gasteiger partial charge in [0, 0.05) is 72.1 Å². The maximum Gasteiger partial charge on any atom is 0.368 e. The third kappa shape index (κ3) is 26.6. The molecular formula is C79H110N2O36S3. The number of aliphatic hydroxyl groups excluding tert-OH is 3. The molecule has 2 aromatic rings. The van der Waals surface area contributed by atoms with Crippen LogP contribution in [0.15, 0.2) is 70.5 Å². The van der Waals surface area contributed by atoms with E-state index in [1.54, 1.807) is 39.8 Å². The maximum absolute atomic E-state index is 16.2. The van der Waals surface area contributed by atoms with Gasteiger partial charge in [0.1, 0.15) is 116 Å². The molecule has 0 bridgehead atoms. The average molecular weight is 1760 g/mol. The van der Waals surface area contributed by atoms with E-state index in [4.69, 9.17) is 90.0 Å². The maximum atomic E-state index is 16.2. The van der Waals surface area contributed by atoms with Crippen LogP contribution in [0.1, 0.15) is 132 Å². The van der Waals surface area contributed by atoms with Gasteiger partial charge in [-0.1, -0.05) is 43.3 Å². The van der Waals surface area contributed by atoms with E-state index in [0.717, 1.165) is 88.3 Å². The summed E-state index contributed by atoms with van der Waals surface area (Å²) in [6, 6.07) is 11.1. The molecule has 4 aliphatic rings. The fourth-order valence-electron chi connectivity index (χ4n) is 13.0. The number of nitrogens with one attached hydrogen (secondary N) is 2. The number of aliphatic hydroxyl groups is 3. The van der Waals surface area contributed by atoms with Crippen molar-refractivity contribution in [2.24, 2.45) is 16.2 Å². The van der Waals surface area contributed by atoms with Crippen LogP contribution >= 0.6 is 35.3 Å². The molecule has 4 saturated heterocycles. The van der Waals surface area contributed by atoms with Crippen molar-refractivity contribution in [3.8, 4) is 0 Å². The molecular weight excluding hydrogens is 1650 g/mol. The molecule has 4 heterocycles. The van der Waals surface area contributed by atoms with Gasteiger partial charge in [0.2, 0.25) is 11.8 Å². The Morgan fingerprint density at radius 2 is 0.875 bits per heavy atom. The first kappa shape index (κ1) is 100. The summed E-state index contributed by atoms with van der Waals surface area (Å²) in [6.45, 7) is 19.6. The Morgan fingerprint density at radius 1 is 0.458 bits per heavy atom. The Balaban J connectivity index is 1.78. The monoisotopic (exact) mass is 1760 g/mol. The normalized spacial score (nSPS) is 29.1. The van der Waals surface area contributed by atoms with Crippen LogP contribution in [0.5, 0.6) is 0 Å². The Morgan fingerprint density at radius 3 is 1.28 bits per heavy atom. The van der Waals surface area contributed by atoms with Crippen molar-refractivity contribution in [1.29, 1.82) is 0 Å². The summed E-state index contributed by atoms with van der Waals surface area (Å²) in [4.78, 5) is 198. The van der Waals surface area contributed by atoms with Crippen molar-refractivity contribution >= 4 is 119 Å². The topological polar surface area (TPSA) is 499 Å². The lowest BCUT2D eigenvalue weighted by molar-refractivity contribution is -0.381. The Labute approximate surface area is 706 Å². The third-order valence-corrected chi connectivity index (χ3v) is 22.0. The zero-order valence-electron chi connectivity index (χ0n) is 70.5. The van der Waals surface area contributed by atoms with Crippen molar-refractivity contribution in [3.63, 3.8) is 0 Å². The highest BCUT2D eigenvalue weighted by atomic mass is 32.2. The van der Waals surface area contributed by atoms with Gasteiger partial charge >= 0.3 is 71.6 Å². The summed E-state index contributed by atoms with van der Waals surface area (Å²) in [5.74, 6) is -22.9. The first-order valence-corrected chi connectivity index (χ1v) is 40.9. The number of ether oxygens (including phenoxy) is 19. The average Bonchev–Trinajstić information content (AvgIpc) is 0.725. The molecule has 24 atom stereocenters. The summed E-state index contributed by atoms with van der Waals surface area (Å²) in [6.07, 6.45) is -37.8. The molecule has 5 N–H and O–H groups in total. The highest BCUT2D eigenvalue weighted by Crippen LogP contribution is 2.51. The van der Waals surface area contributed by atoms with Gasteiger partial charge in [-0.15, -0.1) is 35.3 Å².